The molecule has 1 aliphatic heterocycles. The number of ether oxygens (including phenoxy) is 3. The van der Waals surface area contributed by atoms with Crippen LogP contribution in [0.2, 0.25) is 0 Å². The second-order valence-electron chi connectivity index (χ2n) is 11.6. The van der Waals surface area contributed by atoms with Crippen molar-refractivity contribution in [3.05, 3.63) is 114 Å². The Morgan fingerprint density at radius 1 is 0.939 bits per heavy atom. The van der Waals surface area contributed by atoms with Crippen LogP contribution in [0.5, 0.6) is 17.4 Å². The van der Waals surface area contributed by atoms with E-state index in [1.807, 2.05) is 61.5 Å². The van der Waals surface area contributed by atoms with Crippen LogP contribution in [0.4, 0.5) is 16.2 Å². The zero-order chi connectivity index (χ0) is 34.3. The molecule has 12 nitrogen and oxygen atoms in total. The van der Waals surface area contributed by atoms with Gasteiger partial charge in [0.15, 0.2) is 0 Å². The van der Waals surface area contributed by atoms with Crippen LogP contribution in [-0.2, 0) is 11.2 Å². The third-order valence-corrected chi connectivity index (χ3v) is 8.24. The molecule has 3 N–H and O–H groups in total. The number of methoxy groups -OCH3 is 1. The summed E-state index contributed by atoms with van der Waals surface area (Å²) in [5.41, 5.74) is 3.68. The fraction of sp³-hybridized carbons (Fsp3) is 0.216. The number of nitrogens with zero attached hydrogens (tertiary/aromatic N) is 3. The van der Waals surface area contributed by atoms with E-state index in [1.54, 1.807) is 29.3 Å². The summed E-state index contributed by atoms with van der Waals surface area (Å²) in [6, 6.07) is 24.3. The number of benzene rings is 3. The number of aromatic carboxylic acids is 1. The highest BCUT2D eigenvalue weighted by molar-refractivity contribution is 6.01. The fourth-order valence-electron chi connectivity index (χ4n) is 5.73. The van der Waals surface area contributed by atoms with E-state index >= 15 is 0 Å². The molecular weight excluding hydrogens is 626 g/mol. The van der Waals surface area contributed by atoms with Crippen LogP contribution in [-0.4, -0.2) is 70.3 Å². The summed E-state index contributed by atoms with van der Waals surface area (Å²) < 4.78 is 17.8. The van der Waals surface area contributed by atoms with Gasteiger partial charge in [0.25, 0.3) is 0 Å². The van der Waals surface area contributed by atoms with E-state index in [4.69, 9.17) is 14.2 Å². The highest BCUT2D eigenvalue weighted by Crippen LogP contribution is 2.29. The molecule has 3 heterocycles. The van der Waals surface area contributed by atoms with Crippen molar-refractivity contribution in [1.82, 2.24) is 14.9 Å². The molecule has 5 aromatic rings. The van der Waals surface area contributed by atoms with Gasteiger partial charge in [0.2, 0.25) is 11.8 Å². The number of rotatable bonds is 11. The lowest BCUT2D eigenvalue weighted by Crippen LogP contribution is -2.40. The SMILES string of the molecule is COc1cc(CC(=O)N2C[C@@H](Oc3ccc4ncccc4c3)C[C@H]2COc2ccc(C(=O)O)cn2)ccc1NC(=O)Nc1ccccc1C. The zero-order valence-electron chi connectivity index (χ0n) is 27.0. The topological polar surface area (TPSA) is 152 Å². The van der Waals surface area contributed by atoms with Gasteiger partial charge in [-0.3, -0.25) is 9.78 Å². The maximum absolute atomic E-state index is 13.8. The van der Waals surface area contributed by atoms with Gasteiger partial charge in [-0.1, -0.05) is 30.3 Å². The molecule has 3 aromatic carbocycles. The Labute approximate surface area is 282 Å². The molecule has 0 spiro atoms. The number of para-hydroxylation sites is 1. The summed E-state index contributed by atoms with van der Waals surface area (Å²) in [6.45, 7) is 2.37. The van der Waals surface area contributed by atoms with Gasteiger partial charge in [0.05, 0.1) is 42.9 Å². The van der Waals surface area contributed by atoms with Crippen molar-refractivity contribution in [1.29, 1.82) is 0 Å². The largest absolute Gasteiger partial charge is 0.495 e. The number of fused-ring (bicyclic) bond motifs is 1. The van der Waals surface area contributed by atoms with Crippen molar-refractivity contribution in [3.8, 4) is 17.4 Å². The second-order valence-corrected chi connectivity index (χ2v) is 11.6. The monoisotopic (exact) mass is 661 g/mol. The van der Waals surface area contributed by atoms with Crippen molar-refractivity contribution >= 4 is 40.2 Å². The molecule has 1 saturated heterocycles. The predicted octanol–water partition coefficient (Wildman–Crippen LogP) is 5.96. The molecule has 1 aliphatic rings. The van der Waals surface area contributed by atoms with Crippen LogP contribution < -0.4 is 24.8 Å². The van der Waals surface area contributed by atoms with Crippen molar-refractivity contribution in [3.63, 3.8) is 0 Å². The summed E-state index contributed by atoms with van der Waals surface area (Å²) >= 11 is 0. The second kappa shape index (κ2) is 14.7. The first kappa shape index (κ1) is 32.8. The highest BCUT2D eigenvalue weighted by atomic mass is 16.5. The van der Waals surface area contributed by atoms with Gasteiger partial charge >= 0.3 is 12.0 Å². The molecule has 2 aromatic heterocycles. The molecule has 0 saturated carbocycles. The number of anilines is 2. The number of urea groups is 1. The Kier molecular flexibility index (Phi) is 9.84. The van der Waals surface area contributed by atoms with Crippen molar-refractivity contribution in [2.75, 3.05) is 30.9 Å². The summed E-state index contributed by atoms with van der Waals surface area (Å²) in [6.07, 6.45) is 3.24. The molecule has 2 atom stereocenters. The summed E-state index contributed by atoms with van der Waals surface area (Å²) in [5.74, 6) is 0.112. The fourth-order valence-corrected chi connectivity index (χ4v) is 5.73. The zero-order valence-corrected chi connectivity index (χ0v) is 27.0. The number of nitrogens with one attached hydrogen (secondary N) is 2. The van der Waals surface area contributed by atoms with Gasteiger partial charge in [0.1, 0.15) is 24.2 Å². The lowest BCUT2D eigenvalue weighted by atomic mass is 10.1. The highest BCUT2D eigenvalue weighted by Gasteiger charge is 2.37. The van der Waals surface area contributed by atoms with E-state index in [1.165, 1.54) is 25.4 Å². The average Bonchev–Trinajstić information content (AvgIpc) is 3.51. The Hall–Kier alpha value is -6.17. The average molecular weight is 662 g/mol. The number of hydrogen-bond acceptors (Lipinski definition) is 8. The lowest BCUT2D eigenvalue weighted by Gasteiger charge is -2.24. The molecule has 1 fully saturated rings. The minimum atomic E-state index is -1.08. The number of carbonyl (C=O) groups excluding carboxylic acids is 2. The quantitative estimate of drug-likeness (QED) is 0.156. The standard InChI is InChI=1S/C37H35N5O7/c1-23-6-3-4-8-30(23)40-37(46)41-32-12-9-24(16-33(32)47-2)17-35(43)42-21-29(49-28-11-13-31-25(18-28)7-5-15-38-31)19-27(42)22-48-34-14-10-26(20-39-34)36(44)45/h3-16,18,20,27,29H,17,19,21-22H2,1-2H3,(H,44,45)(H2,40,41,46)/t27-,29-/m0/s1. The number of carboxylic acid groups (broad SMARTS) is 1. The van der Waals surface area contributed by atoms with Crippen LogP contribution in [0.25, 0.3) is 10.9 Å². The number of carbonyl (C=O) groups is 3. The van der Waals surface area contributed by atoms with Gasteiger partial charge in [-0.05, 0) is 66.6 Å². The van der Waals surface area contributed by atoms with Gasteiger partial charge in [-0.15, -0.1) is 0 Å². The Morgan fingerprint density at radius 2 is 1.78 bits per heavy atom. The molecule has 0 aliphatic carbocycles. The number of aromatic nitrogens is 2. The van der Waals surface area contributed by atoms with Crippen LogP contribution in [0.1, 0.15) is 27.9 Å². The van der Waals surface area contributed by atoms with Crippen molar-refractivity contribution in [2.45, 2.75) is 31.9 Å². The van der Waals surface area contributed by atoms with Crippen LogP contribution >= 0.6 is 0 Å². The third kappa shape index (κ3) is 8.04. The van der Waals surface area contributed by atoms with Crippen LogP contribution in [0, 0.1) is 6.92 Å². The molecule has 6 rings (SSSR count). The normalized spacial score (nSPS) is 15.4. The van der Waals surface area contributed by atoms with Crippen molar-refractivity contribution in [2.24, 2.45) is 0 Å². The van der Waals surface area contributed by atoms with E-state index in [2.05, 4.69) is 20.6 Å². The maximum Gasteiger partial charge on any atom is 0.337 e. The number of hydrogen-bond donors (Lipinski definition) is 3. The number of amides is 3. The third-order valence-electron chi connectivity index (χ3n) is 8.24. The van der Waals surface area contributed by atoms with Crippen molar-refractivity contribution < 1.29 is 33.7 Å². The Balaban J connectivity index is 1.15. The molecule has 0 unspecified atom stereocenters. The van der Waals surface area contributed by atoms with Gasteiger partial charge in [0, 0.05) is 36.0 Å². The Morgan fingerprint density at radius 3 is 2.55 bits per heavy atom. The number of pyridine rings is 2. The summed E-state index contributed by atoms with van der Waals surface area (Å²) in [5, 5.41) is 15.8. The Bertz CT molecular complexity index is 1980. The molecule has 250 valence electrons. The van der Waals surface area contributed by atoms with E-state index in [0.717, 1.165) is 16.5 Å². The summed E-state index contributed by atoms with van der Waals surface area (Å²) in [7, 11) is 1.50. The lowest BCUT2D eigenvalue weighted by molar-refractivity contribution is -0.132. The van der Waals surface area contributed by atoms with Crippen LogP contribution in [0.15, 0.2) is 97.3 Å². The summed E-state index contributed by atoms with van der Waals surface area (Å²) in [4.78, 5) is 48.0. The van der Waals surface area contributed by atoms with Gasteiger partial charge < -0.3 is 34.9 Å². The first-order chi connectivity index (χ1) is 23.7. The smallest absolute Gasteiger partial charge is 0.337 e. The molecule has 3 amide bonds. The number of likely N-dealkylation sites (tertiary alicyclic amines) is 1. The van der Waals surface area contributed by atoms with E-state index < -0.39 is 12.0 Å². The van der Waals surface area contributed by atoms with E-state index in [-0.39, 0.29) is 42.5 Å². The first-order valence-corrected chi connectivity index (χ1v) is 15.7. The molecular formula is C37H35N5O7. The van der Waals surface area contributed by atoms with Crippen LogP contribution in [0.3, 0.4) is 0 Å². The molecule has 12 heteroatoms. The van der Waals surface area contributed by atoms with Gasteiger partial charge in [-0.2, -0.15) is 0 Å². The number of carboxylic acids is 1. The molecule has 0 bridgehead atoms. The van der Waals surface area contributed by atoms with Gasteiger partial charge in [-0.25, -0.2) is 14.6 Å². The van der Waals surface area contributed by atoms with E-state index in [9.17, 15) is 19.5 Å². The maximum atomic E-state index is 13.8. The first-order valence-electron chi connectivity index (χ1n) is 15.7. The molecule has 0 radical (unpaired) electrons. The molecule has 49 heavy (non-hydrogen) atoms. The van der Waals surface area contributed by atoms with E-state index in [0.29, 0.717) is 41.4 Å². The minimum Gasteiger partial charge on any atom is -0.495 e. The predicted molar refractivity (Wildman–Crippen MR) is 183 cm³/mol. The number of aryl methyl sites for hydroxylation is 1. The minimum absolute atomic E-state index is 0.0487.